The number of aryl methyl sites for hydroxylation is 2. The second-order valence-electron chi connectivity index (χ2n) is 5.49. The molecule has 120 valence electrons. The molecule has 2 aromatic rings. The average molecular weight is 310 g/mol. The number of rotatable bonds is 5. The quantitative estimate of drug-likeness (QED) is 0.891. The Labute approximate surface area is 136 Å². The van der Waals surface area contributed by atoms with Crippen LogP contribution in [0.4, 0.5) is 5.69 Å². The van der Waals surface area contributed by atoms with Crippen LogP contribution in [-0.4, -0.2) is 18.4 Å². The number of carbonyl (C=O) groups is 2. The monoisotopic (exact) mass is 310 g/mol. The molecule has 2 amide bonds. The first-order valence-corrected chi connectivity index (χ1v) is 7.75. The molecule has 0 aliphatic carbocycles. The van der Waals surface area contributed by atoms with Crippen molar-refractivity contribution in [3.63, 3.8) is 0 Å². The SMILES string of the molecule is CCc1ccccc1NC(=O)CNC(=O)c1cccc(C)c1C. The van der Waals surface area contributed by atoms with Crippen LogP contribution >= 0.6 is 0 Å². The lowest BCUT2D eigenvalue weighted by atomic mass is 10.0. The fourth-order valence-electron chi connectivity index (χ4n) is 2.40. The number of benzene rings is 2. The normalized spacial score (nSPS) is 10.2. The topological polar surface area (TPSA) is 58.2 Å². The van der Waals surface area contributed by atoms with E-state index in [0.717, 1.165) is 28.8 Å². The number of hydrogen-bond acceptors (Lipinski definition) is 2. The maximum absolute atomic E-state index is 12.2. The van der Waals surface area contributed by atoms with Crippen molar-refractivity contribution >= 4 is 17.5 Å². The van der Waals surface area contributed by atoms with Gasteiger partial charge in [0, 0.05) is 11.3 Å². The number of amides is 2. The zero-order valence-corrected chi connectivity index (χ0v) is 13.8. The van der Waals surface area contributed by atoms with Crippen LogP contribution in [0.25, 0.3) is 0 Å². The molecule has 2 N–H and O–H groups in total. The van der Waals surface area contributed by atoms with E-state index in [-0.39, 0.29) is 18.4 Å². The van der Waals surface area contributed by atoms with Gasteiger partial charge >= 0.3 is 0 Å². The van der Waals surface area contributed by atoms with Crippen molar-refractivity contribution < 1.29 is 9.59 Å². The summed E-state index contributed by atoms with van der Waals surface area (Å²) in [5, 5.41) is 5.51. The Hall–Kier alpha value is -2.62. The summed E-state index contributed by atoms with van der Waals surface area (Å²) in [5.74, 6) is -0.463. The highest BCUT2D eigenvalue weighted by molar-refractivity contribution is 6.00. The predicted octanol–water partition coefficient (Wildman–Crippen LogP) is 3.23. The zero-order chi connectivity index (χ0) is 16.8. The third-order valence-corrected chi connectivity index (χ3v) is 3.93. The number of hydrogen-bond donors (Lipinski definition) is 2. The molecular formula is C19H22N2O2. The summed E-state index contributed by atoms with van der Waals surface area (Å²) in [6.45, 7) is 5.85. The molecule has 0 aromatic heterocycles. The van der Waals surface area contributed by atoms with Gasteiger partial charge in [-0.25, -0.2) is 0 Å². The highest BCUT2D eigenvalue weighted by atomic mass is 16.2. The van der Waals surface area contributed by atoms with Gasteiger partial charge in [0.1, 0.15) is 0 Å². The number of anilines is 1. The summed E-state index contributed by atoms with van der Waals surface area (Å²) in [6.07, 6.45) is 0.839. The summed E-state index contributed by atoms with van der Waals surface area (Å²) < 4.78 is 0. The van der Waals surface area contributed by atoms with E-state index in [0.29, 0.717) is 5.56 Å². The average Bonchev–Trinajstić information content (AvgIpc) is 2.55. The van der Waals surface area contributed by atoms with Gasteiger partial charge < -0.3 is 10.6 Å². The van der Waals surface area contributed by atoms with Gasteiger partial charge in [-0.1, -0.05) is 37.3 Å². The minimum Gasteiger partial charge on any atom is -0.343 e. The highest BCUT2D eigenvalue weighted by Crippen LogP contribution is 2.15. The molecule has 0 aliphatic rings. The molecule has 2 rings (SSSR count). The van der Waals surface area contributed by atoms with E-state index >= 15 is 0 Å². The molecule has 0 heterocycles. The van der Waals surface area contributed by atoms with Crippen LogP contribution in [0.3, 0.4) is 0 Å². The van der Waals surface area contributed by atoms with Gasteiger partial charge in [0.15, 0.2) is 0 Å². The van der Waals surface area contributed by atoms with Crippen molar-refractivity contribution in [2.24, 2.45) is 0 Å². The first-order valence-electron chi connectivity index (χ1n) is 7.75. The van der Waals surface area contributed by atoms with E-state index in [1.165, 1.54) is 0 Å². The molecule has 0 aliphatic heterocycles. The van der Waals surface area contributed by atoms with E-state index in [2.05, 4.69) is 10.6 Å². The third-order valence-electron chi connectivity index (χ3n) is 3.93. The molecule has 0 saturated heterocycles. The third kappa shape index (κ3) is 4.19. The molecule has 2 aromatic carbocycles. The maximum Gasteiger partial charge on any atom is 0.251 e. The fourth-order valence-corrected chi connectivity index (χ4v) is 2.40. The molecule has 0 radical (unpaired) electrons. The van der Waals surface area contributed by atoms with Gasteiger partial charge in [-0.15, -0.1) is 0 Å². The Morgan fingerprint density at radius 2 is 1.74 bits per heavy atom. The van der Waals surface area contributed by atoms with Crippen LogP contribution in [0.15, 0.2) is 42.5 Å². The zero-order valence-electron chi connectivity index (χ0n) is 13.8. The lowest BCUT2D eigenvalue weighted by molar-refractivity contribution is -0.115. The summed E-state index contributed by atoms with van der Waals surface area (Å²) in [4.78, 5) is 24.2. The van der Waals surface area contributed by atoms with E-state index in [4.69, 9.17) is 0 Å². The van der Waals surface area contributed by atoms with Crippen LogP contribution in [0.5, 0.6) is 0 Å². The Morgan fingerprint density at radius 1 is 1.00 bits per heavy atom. The number of nitrogens with one attached hydrogen (secondary N) is 2. The summed E-state index contributed by atoms with van der Waals surface area (Å²) in [7, 11) is 0. The van der Waals surface area contributed by atoms with Gasteiger partial charge in [0.2, 0.25) is 5.91 Å². The largest absolute Gasteiger partial charge is 0.343 e. The number of para-hydroxylation sites is 1. The summed E-state index contributed by atoms with van der Waals surface area (Å²) in [5.41, 5.74) is 4.45. The van der Waals surface area contributed by atoms with Crippen molar-refractivity contribution in [3.05, 3.63) is 64.7 Å². The van der Waals surface area contributed by atoms with Crippen molar-refractivity contribution in [1.82, 2.24) is 5.32 Å². The highest BCUT2D eigenvalue weighted by Gasteiger charge is 2.12. The Morgan fingerprint density at radius 3 is 2.48 bits per heavy atom. The summed E-state index contributed by atoms with van der Waals surface area (Å²) in [6, 6.07) is 13.2. The van der Waals surface area contributed by atoms with Crippen molar-refractivity contribution in [3.8, 4) is 0 Å². The van der Waals surface area contributed by atoms with Crippen molar-refractivity contribution in [2.45, 2.75) is 27.2 Å². The van der Waals surface area contributed by atoms with Gasteiger partial charge in [-0.2, -0.15) is 0 Å². The van der Waals surface area contributed by atoms with Crippen LogP contribution in [0.1, 0.15) is 34.0 Å². The second-order valence-corrected chi connectivity index (χ2v) is 5.49. The lowest BCUT2D eigenvalue weighted by Crippen LogP contribution is -2.33. The maximum atomic E-state index is 12.2. The van der Waals surface area contributed by atoms with E-state index < -0.39 is 0 Å². The molecule has 0 unspecified atom stereocenters. The van der Waals surface area contributed by atoms with Gasteiger partial charge in [0.05, 0.1) is 6.54 Å². The van der Waals surface area contributed by atoms with Gasteiger partial charge in [0.25, 0.3) is 5.91 Å². The van der Waals surface area contributed by atoms with Crippen molar-refractivity contribution in [1.29, 1.82) is 0 Å². The molecule has 0 fully saturated rings. The molecule has 0 saturated carbocycles. The van der Waals surface area contributed by atoms with E-state index in [1.807, 2.05) is 57.2 Å². The van der Waals surface area contributed by atoms with Crippen molar-refractivity contribution in [2.75, 3.05) is 11.9 Å². The van der Waals surface area contributed by atoms with Crippen LogP contribution in [-0.2, 0) is 11.2 Å². The standard InChI is InChI=1S/C19H22N2O2/c1-4-15-9-5-6-11-17(15)21-18(22)12-20-19(23)16-10-7-8-13(2)14(16)3/h5-11H,4,12H2,1-3H3,(H,20,23)(H,21,22). The Balaban J connectivity index is 1.96. The second kappa shape index (κ2) is 7.58. The first kappa shape index (κ1) is 16.7. The molecular weight excluding hydrogens is 288 g/mol. The Bertz CT molecular complexity index is 723. The molecule has 4 nitrogen and oxygen atoms in total. The van der Waals surface area contributed by atoms with Crippen LogP contribution < -0.4 is 10.6 Å². The summed E-state index contributed by atoms with van der Waals surface area (Å²) >= 11 is 0. The first-order chi connectivity index (χ1) is 11.0. The van der Waals surface area contributed by atoms with Gasteiger partial charge in [-0.05, 0) is 49.1 Å². The predicted molar refractivity (Wildman–Crippen MR) is 92.7 cm³/mol. The smallest absolute Gasteiger partial charge is 0.251 e. The molecule has 0 spiro atoms. The van der Waals surface area contributed by atoms with Gasteiger partial charge in [-0.3, -0.25) is 9.59 Å². The minimum absolute atomic E-state index is 0.0513. The van der Waals surface area contributed by atoms with Crippen LogP contribution in [0, 0.1) is 13.8 Å². The van der Waals surface area contributed by atoms with E-state index in [9.17, 15) is 9.59 Å². The minimum atomic E-state index is -0.232. The molecule has 4 heteroatoms. The molecule has 0 bridgehead atoms. The molecule has 0 atom stereocenters. The fraction of sp³-hybridized carbons (Fsp3) is 0.263. The van der Waals surface area contributed by atoms with E-state index in [1.54, 1.807) is 6.07 Å². The Kier molecular flexibility index (Phi) is 5.52. The lowest BCUT2D eigenvalue weighted by Gasteiger charge is -2.11. The van der Waals surface area contributed by atoms with Crippen LogP contribution in [0.2, 0.25) is 0 Å². The number of carbonyl (C=O) groups excluding carboxylic acids is 2. The molecule has 23 heavy (non-hydrogen) atoms.